The smallest absolute Gasteiger partial charge is 0.188 e. The van der Waals surface area contributed by atoms with Gasteiger partial charge in [0.25, 0.3) is 0 Å². The highest BCUT2D eigenvalue weighted by atomic mass is 35.5. The van der Waals surface area contributed by atoms with E-state index in [2.05, 4.69) is 13.8 Å². The van der Waals surface area contributed by atoms with Crippen LogP contribution in [0.2, 0.25) is 5.02 Å². The molecule has 0 aromatic heterocycles. The maximum absolute atomic E-state index is 11.8. The summed E-state index contributed by atoms with van der Waals surface area (Å²) in [6, 6.07) is 6.88. The molecule has 0 spiro atoms. The molecule has 3 heteroatoms. The van der Waals surface area contributed by atoms with Crippen LogP contribution in [0.5, 0.6) is 0 Å². The van der Waals surface area contributed by atoms with Crippen LogP contribution in [0.15, 0.2) is 24.3 Å². The van der Waals surface area contributed by atoms with Crippen molar-refractivity contribution in [3.63, 3.8) is 0 Å². The van der Waals surface area contributed by atoms with Crippen LogP contribution in [0.4, 0.5) is 0 Å². The lowest BCUT2D eigenvalue weighted by atomic mass is 10.1. The zero-order valence-electron chi connectivity index (χ0n) is 10.6. The summed E-state index contributed by atoms with van der Waals surface area (Å²) < 4.78 is 5.52. The van der Waals surface area contributed by atoms with Crippen molar-refractivity contribution in [2.75, 3.05) is 6.61 Å². The molecule has 17 heavy (non-hydrogen) atoms. The fourth-order valence-corrected chi connectivity index (χ4v) is 1.79. The SMILES string of the molecule is CC(C)CC(C)OCC(=O)c1ccc(Cl)cc1. The first kappa shape index (κ1) is 14.2. The van der Waals surface area contributed by atoms with E-state index < -0.39 is 0 Å². The van der Waals surface area contributed by atoms with Gasteiger partial charge in [-0.3, -0.25) is 4.79 Å². The summed E-state index contributed by atoms with van der Waals surface area (Å²) in [7, 11) is 0. The van der Waals surface area contributed by atoms with Crippen LogP contribution in [-0.2, 0) is 4.74 Å². The zero-order valence-corrected chi connectivity index (χ0v) is 11.3. The summed E-state index contributed by atoms with van der Waals surface area (Å²) in [6.07, 6.45) is 1.08. The monoisotopic (exact) mass is 254 g/mol. The van der Waals surface area contributed by atoms with Crippen molar-refractivity contribution in [2.45, 2.75) is 33.3 Å². The summed E-state index contributed by atoms with van der Waals surface area (Å²) in [5, 5.41) is 0.635. The van der Waals surface area contributed by atoms with Gasteiger partial charge in [-0.05, 0) is 43.5 Å². The molecule has 1 atom stereocenters. The summed E-state index contributed by atoms with van der Waals surface area (Å²) in [5.41, 5.74) is 0.645. The topological polar surface area (TPSA) is 26.3 Å². The van der Waals surface area contributed by atoms with Crippen LogP contribution in [0.1, 0.15) is 37.6 Å². The third kappa shape index (κ3) is 5.33. The van der Waals surface area contributed by atoms with E-state index in [0.717, 1.165) is 6.42 Å². The first-order chi connectivity index (χ1) is 7.99. The molecule has 0 fully saturated rings. The Morgan fingerprint density at radius 2 is 1.82 bits per heavy atom. The number of ether oxygens (including phenoxy) is 1. The predicted molar refractivity (Wildman–Crippen MR) is 70.7 cm³/mol. The molecule has 0 amide bonds. The van der Waals surface area contributed by atoms with Gasteiger partial charge >= 0.3 is 0 Å². The Morgan fingerprint density at radius 1 is 1.24 bits per heavy atom. The Bertz CT molecular complexity index is 357. The predicted octanol–water partition coefficient (Wildman–Crippen LogP) is 3.97. The molecule has 94 valence electrons. The Balaban J connectivity index is 2.42. The van der Waals surface area contributed by atoms with E-state index in [1.54, 1.807) is 24.3 Å². The molecule has 0 radical (unpaired) electrons. The Kier molecular flexibility index (Phi) is 5.66. The summed E-state index contributed by atoms with van der Waals surface area (Å²) in [6.45, 7) is 6.41. The second-order valence-corrected chi connectivity index (χ2v) is 5.12. The highest BCUT2D eigenvalue weighted by Gasteiger charge is 2.10. The molecule has 0 saturated heterocycles. The Morgan fingerprint density at radius 3 is 2.35 bits per heavy atom. The van der Waals surface area contributed by atoms with Crippen LogP contribution >= 0.6 is 11.6 Å². The standard InChI is InChI=1S/C14H19ClO2/c1-10(2)8-11(3)17-9-14(16)12-4-6-13(15)7-5-12/h4-7,10-11H,8-9H2,1-3H3. The van der Waals surface area contributed by atoms with E-state index in [4.69, 9.17) is 16.3 Å². The quantitative estimate of drug-likeness (QED) is 0.718. The first-order valence-electron chi connectivity index (χ1n) is 5.89. The average molecular weight is 255 g/mol. The fraction of sp³-hybridized carbons (Fsp3) is 0.500. The molecular formula is C14H19ClO2. The van der Waals surface area contributed by atoms with Crippen molar-refractivity contribution in [1.29, 1.82) is 0 Å². The molecule has 0 saturated carbocycles. The van der Waals surface area contributed by atoms with Crippen molar-refractivity contribution in [3.05, 3.63) is 34.9 Å². The molecule has 1 rings (SSSR count). The van der Waals surface area contributed by atoms with Gasteiger partial charge in [-0.15, -0.1) is 0 Å². The average Bonchev–Trinajstić information content (AvgIpc) is 2.26. The number of hydrogen-bond donors (Lipinski definition) is 0. The van der Waals surface area contributed by atoms with E-state index in [1.807, 2.05) is 6.92 Å². The molecule has 0 heterocycles. The van der Waals surface area contributed by atoms with Crippen molar-refractivity contribution in [2.24, 2.45) is 5.92 Å². The van der Waals surface area contributed by atoms with Crippen molar-refractivity contribution in [1.82, 2.24) is 0 Å². The first-order valence-corrected chi connectivity index (χ1v) is 6.27. The minimum atomic E-state index is -0.00253. The molecular weight excluding hydrogens is 236 g/mol. The largest absolute Gasteiger partial charge is 0.370 e. The van der Waals surface area contributed by atoms with Gasteiger partial charge in [0.15, 0.2) is 5.78 Å². The minimum Gasteiger partial charge on any atom is -0.370 e. The van der Waals surface area contributed by atoms with Crippen molar-refractivity contribution in [3.8, 4) is 0 Å². The molecule has 0 N–H and O–H groups in total. The molecule has 1 aromatic carbocycles. The Labute approximate surface area is 108 Å². The highest BCUT2D eigenvalue weighted by molar-refractivity contribution is 6.30. The molecule has 1 unspecified atom stereocenters. The van der Waals surface area contributed by atoms with Crippen molar-refractivity contribution < 1.29 is 9.53 Å². The van der Waals surface area contributed by atoms with Gasteiger partial charge in [0.05, 0.1) is 6.10 Å². The number of ketones is 1. The molecule has 2 nitrogen and oxygen atoms in total. The molecule has 1 aromatic rings. The highest BCUT2D eigenvalue weighted by Crippen LogP contribution is 2.11. The summed E-state index contributed by atoms with van der Waals surface area (Å²) in [5.74, 6) is 0.577. The van der Waals surface area contributed by atoms with E-state index >= 15 is 0 Å². The number of carbonyl (C=O) groups excluding carboxylic acids is 1. The number of benzene rings is 1. The number of rotatable bonds is 6. The molecule has 0 bridgehead atoms. The number of hydrogen-bond acceptors (Lipinski definition) is 2. The third-order valence-corrected chi connectivity index (χ3v) is 2.72. The minimum absolute atomic E-state index is 0.00253. The number of Topliss-reactive ketones (excluding diaryl/α,β-unsaturated/α-hetero) is 1. The second-order valence-electron chi connectivity index (χ2n) is 4.68. The van der Waals surface area contributed by atoms with Gasteiger partial charge in [0, 0.05) is 10.6 Å². The van der Waals surface area contributed by atoms with E-state index in [-0.39, 0.29) is 18.5 Å². The van der Waals surface area contributed by atoms with E-state index in [0.29, 0.717) is 16.5 Å². The van der Waals surface area contributed by atoms with Gasteiger partial charge in [-0.25, -0.2) is 0 Å². The fourth-order valence-electron chi connectivity index (χ4n) is 1.67. The number of carbonyl (C=O) groups is 1. The van der Waals surface area contributed by atoms with E-state index in [1.165, 1.54) is 0 Å². The maximum Gasteiger partial charge on any atom is 0.188 e. The normalized spacial score (nSPS) is 12.8. The summed E-state index contributed by atoms with van der Waals surface area (Å²) >= 11 is 5.76. The van der Waals surface area contributed by atoms with Gasteiger partial charge < -0.3 is 4.74 Å². The van der Waals surface area contributed by atoms with Crippen LogP contribution in [-0.4, -0.2) is 18.5 Å². The molecule has 0 aliphatic rings. The van der Waals surface area contributed by atoms with Crippen molar-refractivity contribution >= 4 is 17.4 Å². The maximum atomic E-state index is 11.8. The lowest BCUT2D eigenvalue weighted by Crippen LogP contribution is -2.17. The lowest BCUT2D eigenvalue weighted by Gasteiger charge is -2.14. The summed E-state index contributed by atoms with van der Waals surface area (Å²) in [4.78, 5) is 11.8. The zero-order chi connectivity index (χ0) is 12.8. The van der Waals surface area contributed by atoms with Gasteiger partial charge in [-0.1, -0.05) is 25.4 Å². The third-order valence-electron chi connectivity index (χ3n) is 2.47. The Hall–Kier alpha value is -0.860. The second kappa shape index (κ2) is 6.77. The van der Waals surface area contributed by atoms with E-state index in [9.17, 15) is 4.79 Å². The van der Waals surface area contributed by atoms with Crippen LogP contribution in [0, 0.1) is 5.92 Å². The molecule has 0 aliphatic heterocycles. The van der Waals surface area contributed by atoms with Crippen LogP contribution in [0.25, 0.3) is 0 Å². The van der Waals surface area contributed by atoms with Gasteiger partial charge in [-0.2, -0.15) is 0 Å². The van der Waals surface area contributed by atoms with Gasteiger partial charge in [0.1, 0.15) is 6.61 Å². The lowest BCUT2D eigenvalue weighted by molar-refractivity contribution is 0.0445. The van der Waals surface area contributed by atoms with Gasteiger partial charge in [0.2, 0.25) is 0 Å². The number of halogens is 1. The molecule has 0 aliphatic carbocycles. The van der Waals surface area contributed by atoms with Crippen LogP contribution in [0.3, 0.4) is 0 Å². The van der Waals surface area contributed by atoms with Crippen LogP contribution < -0.4 is 0 Å².